The molecule has 1 unspecified atom stereocenters. The summed E-state index contributed by atoms with van der Waals surface area (Å²) < 4.78 is 0. The smallest absolute Gasteiger partial charge is 0.225 e. The second-order valence-corrected chi connectivity index (χ2v) is 6.39. The fourth-order valence-corrected chi connectivity index (χ4v) is 2.84. The molecule has 7 nitrogen and oxygen atoms in total. The lowest BCUT2D eigenvalue weighted by Crippen LogP contribution is -2.37. The number of nitrogens with zero attached hydrogens (tertiary/aromatic N) is 3. The summed E-state index contributed by atoms with van der Waals surface area (Å²) in [7, 11) is 0. The lowest BCUT2D eigenvalue weighted by Gasteiger charge is -2.24. The van der Waals surface area contributed by atoms with Crippen LogP contribution in [0, 0.1) is 12.3 Å². The lowest BCUT2D eigenvalue weighted by atomic mass is 9.89. The fourth-order valence-electron chi connectivity index (χ4n) is 2.84. The lowest BCUT2D eigenvalue weighted by molar-refractivity contribution is -0.125. The van der Waals surface area contributed by atoms with Gasteiger partial charge in [-0.25, -0.2) is 15.8 Å². The van der Waals surface area contributed by atoms with Gasteiger partial charge >= 0.3 is 0 Å². The molecule has 2 aliphatic rings. The Morgan fingerprint density at radius 1 is 1.43 bits per heavy atom. The molecule has 1 amide bonds. The van der Waals surface area contributed by atoms with Gasteiger partial charge in [-0.1, -0.05) is 0 Å². The molecule has 2 fully saturated rings. The number of hydrogen-bond donors (Lipinski definition) is 3. The number of anilines is 2. The molecule has 1 aliphatic carbocycles. The number of nitrogens with one attached hydrogen (secondary N) is 1. The predicted octanol–water partition coefficient (Wildman–Crippen LogP) is 0.650. The van der Waals surface area contributed by atoms with Gasteiger partial charge in [0, 0.05) is 24.6 Å². The van der Waals surface area contributed by atoms with Crippen molar-refractivity contribution in [1.82, 2.24) is 9.97 Å². The van der Waals surface area contributed by atoms with E-state index in [-0.39, 0.29) is 5.91 Å². The summed E-state index contributed by atoms with van der Waals surface area (Å²) in [4.78, 5) is 23.0. The molecule has 1 aromatic heterocycles. The quantitative estimate of drug-likeness (QED) is 0.555. The molecule has 1 aliphatic heterocycles. The Balaban J connectivity index is 1.95. The average Bonchev–Trinajstić information content (AvgIpc) is 3.22. The molecular weight excluding hydrogens is 268 g/mol. The van der Waals surface area contributed by atoms with E-state index in [1.54, 1.807) is 0 Å². The second-order valence-electron chi connectivity index (χ2n) is 6.39. The van der Waals surface area contributed by atoms with Crippen LogP contribution in [-0.4, -0.2) is 29.0 Å². The molecule has 7 heteroatoms. The number of nitrogen functional groups attached to an aromatic ring is 1. The first-order valence-electron chi connectivity index (χ1n) is 7.34. The highest BCUT2D eigenvalue weighted by atomic mass is 16.1. The Labute approximate surface area is 124 Å². The average molecular weight is 290 g/mol. The fraction of sp³-hybridized carbons (Fsp3) is 0.643. The summed E-state index contributed by atoms with van der Waals surface area (Å²) in [5, 5.41) is 0. The van der Waals surface area contributed by atoms with Crippen molar-refractivity contribution >= 4 is 17.5 Å². The molecule has 0 bridgehead atoms. The van der Waals surface area contributed by atoms with Gasteiger partial charge in [-0.2, -0.15) is 0 Å². The summed E-state index contributed by atoms with van der Waals surface area (Å²) >= 11 is 0. The molecule has 3 rings (SSSR count). The molecule has 0 radical (unpaired) electrons. The highest BCUT2D eigenvalue weighted by molar-refractivity contribution is 5.82. The van der Waals surface area contributed by atoms with Crippen LogP contribution in [0.15, 0.2) is 0 Å². The molecule has 21 heavy (non-hydrogen) atoms. The van der Waals surface area contributed by atoms with Gasteiger partial charge in [0.15, 0.2) is 0 Å². The van der Waals surface area contributed by atoms with E-state index >= 15 is 0 Å². The zero-order valence-electron chi connectivity index (χ0n) is 12.5. The Bertz CT molecular complexity index is 585. The molecule has 2 heterocycles. The third-order valence-electron chi connectivity index (χ3n) is 4.58. The summed E-state index contributed by atoms with van der Waals surface area (Å²) in [5.74, 6) is 8.14. The number of amides is 1. The summed E-state index contributed by atoms with van der Waals surface area (Å²) in [6.45, 7) is 5.22. The Morgan fingerprint density at radius 3 is 2.67 bits per heavy atom. The number of hydrogen-bond acceptors (Lipinski definition) is 6. The van der Waals surface area contributed by atoms with E-state index in [0.29, 0.717) is 18.3 Å². The van der Waals surface area contributed by atoms with Crippen LogP contribution in [0.25, 0.3) is 0 Å². The number of hydrazine groups is 1. The van der Waals surface area contributed by atoms with Gasteiger partial charge in [-0.3, -0.25) is 4.79 Å². The van der Waals surface area contributed by atoms with Gasteiger partial charge < -0.3 is 16.1 Å². The van der Waals surface area contributed by atoms with Gasteiger partial charge in [0.2, 0.25) is 5.91 Å². The van der Waals surface area contributed by atoms with Crippen LogP contribution in [-0.2, 0) is 4.79 Å². The zero-order valence-corrected chi connectivity index (χ0v) is 12.5. The van der Waals surface area contributed by atoms with Crippen LogP contribution in [0.2, 0.25) is 0 Å². The monoisotopic (exact) mass is 290 g/mol. The Hall–Kier alpha value is -1.89. The number of aromatic nitrogens is 2. The molecule has 0 spiro atoms. The van der Waals surface area contributed by atoms with E-state index in [1.165, 1.54) is 0 Å². The number of rotatable bonds is 4. The van der Waals surface area contributed by atoms with E-state index < -0.39 is 5.41 Å². The van der Waals surface area contributed by atoms with Gasteiger partial charge in [0.1, 0.15) is 17.5 Å². The first-order chi connectivity index (χ1) is 9.94. The normalized spacial score (nSPS) is 25.2. The number of primary amides is 1. The SMILES string of the molecule is Cc1c(NN)nc(C2CC2)nc1N1CCC(C)(C(N)=O)C1. The van der Waals surface area contributed by atoms with E-state index in [9.17, 15) is 4.79 Å². The van der Waals surface area contributed by atoms with Gasteiger partial charge in [0.05, 0.1) is 5.41 Å². The highest BCUT2D eigenvalue weighted by Gasteiger charge is 2.40. The summed E-state index contributed by atoms with van der Waals surface area (Å²) in [6.07, 6.45) is 3.01. The maximum absolute atomic E-state index is 11.6. The van der Waals surface area contributed by atoms with Gasteiger partial charge in [-0.15, -0.1) is 0 Å². The molecular formula is C14H22N6O. The summed E-state index contributed by atoms with van der Waals surface area (Å²) in [6, 6.07) is 0. The van der Waals surface area contributed by atoms with Crippen LogP contribution in [0.5, 0.6) is 0 Å². The van der Waals surface area contributed by atoms with Crippen LogP contribution >= 0.6 is 0 Å². The molecule has 5 N–H and O–H groups in total. The van der Waals surface area contributed by atoms with Gasteiger partial charge in [0.25, 0.3) is 0 Å². The molecule has 0 aromatic carbocycles. The second kappa shape index (κ2) is 4.84. The predicted molar refractivity (Wildman–Crippen MR) is 80.7 cm³/mol. The van der Waals surface area contributed by atoms with Gasteiger partial charge in [-0.05, 0) is 33.1 Å². The van der Waals surface area contributed by atoms with Crippen LogP contribution in [0.3, 0.4) is 0 Å². The zero-order chi connectivity index (χ0) is 15.2. The molecule has 1 saturated heterocycles. The first kappa shape index (κ1) is 14.1. The number of carbonyl (C=O) groups excluding carboxylic acids is 1. The third-order valence-corrected chi connectivity index (χ3v) is 4.58. The van der Waals surface area contributed by atoms with E-state index in [2.05, 4.69) is 15.3 Å². The third kappa shape index (κ3) is 2.42. The van der Waals surface area contributed by atoms with Crippen molar-refractivity contribution in [1.29, 1.82) is 0 Å². The number of carbonyl (C=O) groups is 1. The first-order valence-corrected chi connectivity index (χ1v) is 7.34. The van der Waals surface area contributed by atoms with E-state index in [4.69, 9.17) is 16.6 Å². The van der Waals surface area contributed by atoms with Crippen molar-refractivity contribution in [2.75, 3.05) is 23.4 Å². The molecule has 1 aromatic rings. The van der Waals surface area contributed by atoms with Crippen LogP contribution < -0.4 is 21.9 Å². The van der Waals surface area contributed by atoms with Crippen molar-refractivity contribution in [2.24, 2.45) is 17.0 Å². The minimum absolute atomic E-state index is 0.253. The molecule has 114 valence electrons. The minimum Gasteiger partial charge on any atom is -0.369 e. The van der Waals surface area contributed by atoms with Crippen molar-refractivity contribution in [2.45, 2.75) is 39.0 Å². The topological polar surface area (TPSA) is 110 Å². The maximum Gasteiger partial charge on any atom is 0.225 e. The van der Waals surface area contributed by atoms with E-state index in [0.717, 1.165) is 43.0 Å². The van der Waals surface area contributed by atoms with E-state index in [1.807, 2.05) is 13.8 Å². The molecule has 1 saturated carbocycles. The maximum atomic E-state index is 11.6. The largest absolute Gasteiger partial charge is 0.369 e. The van der Waals surface area contributed by atoms with Crippen molar-refractivity contribution in [3.8, 4) is 0 Å². The van der Waals surface area contributed by atoms with Crippen LogP contribution in [0.1, 0.15) is 43.5 Å². The van der Waals surface area contributed by atoms with Crippen molar-refractivity contribution in [3.63, 3.8) is 0 Å². The minimum atomic E-state index is -0.493. The standard InChI is InChI=1S/C14H22N6O/c1-8-10(19-16)17-11(9-3-4-9)18-12(8)20-6-5-14(2,7-20)13(15)21/h9H,3-7,16H2,1-2H3,(H2,15,21)(H,17,18,19). The summed E-state index contributed by atoms with van der Waals surface area (Å²) in [5.41, 5.74) is 8.60. The molecule has 1 atom stereocenters. The number of nitrogens with two attached hydrogens (primary N) is 2. The Kier molecular flexibility index (Phi) is 3.24. The van der Waals surface area contributed by atoms with Crippen molar-refractivity contribution in [3.05, 3.63) is 11.4 Å². The Morgan fingerprint density at radius 2 is 2.14 bits per heavy atom. The van der Waals surface area contributed by atoms with Crippen molar-refractivity contribution < 1.29 is 4.79 Å². The highest BCUT2D eigenvalue weighted by Crippen LogP contribution is 2.41. The van der Waals surface area contributed by atoms with Crippen LogP contribution in [0.4, 0.5) is 11.6 Å².